The molecular formula is C28H29F2NO6. The minimum absolute atomic E-state index is 0.0380. The highest BCUT2D eigenvalue weighted by atomic mass is 19.1. The van der Waals surface area contributed by atoms with Crippen molar-refractivity contribution in [2.45, 2.75) is 26.0 Å². The van der Waals surface area contributed by atoms with Crippen LogP contribution in [-0.4, -0.2) is 45.9 Å². The van der Waals surface area contributed by atoms with Gasteiger partial charge in [-0.1, -0.05) is 30.3 Å². The number of halogens is 2. The molecular weight excluding hydrogens is 484 g/mol. The Balaban J connectivity index is 1.85. The lowest BCUT2D eigenvalue weighted by Gasteiger charge is -2.18. The molecule has 3 aromatic carbocycles. The zero-order valence-electron chi connectivity index (χ0n) is 21.1. The Labute approximate surface area is 214 Å². The van der Waals surface area contributed by atoms with Crippen LogP contribution < -0.4 is 14.8 Å². The molecule has 0 radical (unpaired) electrons. The minimum atomic E-state index is -1.16. The molecule has 0 saturated carbocycles. The van der Waals surface area contributed by atoms with Crippen molar-refractivity contribution in [3.8, 4) is 22.6 Å². The molecule has 0 unspecified atom stereocenters. The van der Waals surface area contributed by atoms with Crippen LogP contribution in [0, 0.1) is 11.6 Å². The molecule has 0 spiro atoms. The Bertz CT molecular complexity index is 1200. The molecule has 0 saturated heterocycles. The largest absolute Gasteiger partial charge is 0.496 e. The van der Waals surface area contributed by atoms with Crippen molar-refractivity contribution >= 4 is 11.9 Å². The molecule has 1 N–H and O–H groups in total. The van der Waals surface area contributed by atoms with Gasteiger partial charge in [0.05, 0.1) is 33.5 Å². The number of amides is 1. The zero-order valence-corrected chi connectivity index (χ0v) is 21.1. The van der Waals surface area contributed by atoms with E-state index in [1.807, 2.05) is 31.2 Å². The fourth-order valence-electron chi connectivity index (χ4n) is 3.88. The van der Waals surface area contributed by atoms with Gasteiger partial charge in [0, 0.05) is 13.0 Å². The van der Waals surface area contributed by atoms with Gasteiger partial charge in [-0.05, 0) is 47.9 Å². The average molecular weight is 514 g/mol. The van der Waals surface area contributed by atoms with Gasteiger partial charge in [0.15, 0.2) is 0 Å². The normalized spacial score (nSPS) is 11.5. The van der Waals surface area contributed by atoms with Gasteiger partial charge in [-0.3, -0.25) is 4.79 Å². The third kappa shape index (κ3) is 6.62. The summed E-state index contributed by atoms with van der Waals surface area (Å²) in [6.07, 6.45) is 0.0380. The molecule has 37 heavy (non-hydrogen) atoms. The molecule has 0 aliphatic carbocycles. The Hall–Kier alpha value is -3.98. The molecule has 0 fully saturated rings. The molecule has 0 bridgehead atoms. The Morgan fingerprint density at radius 1 is 0.892 bits per heavy atom. The first-order valence-corrected chi connectivity index (χ1v) is 11.6. The second-order valence-corrected chi connectivity index (χ2v) is 8.06. The van der Waals surface area contributed by atoms with Crippen LogP contribution >= 0.6 is 0 Å². The lowest BCUT2D eigenvalue weighted by molar-refractivity contribution is -0.142. The molecule has 0 aliphatic rings. The molecule has 1 atom stereocenters. The Morgan fingerprint density at radius 2 is 1.49 bits per heavy atom. The fourth-order valence-corrected chi connectivity index (χ4v) is 3.88. The average Bonchev–Trinajstić information content (AvgIpc) is 2.90. The van der Waals surface area contributed by atoms with Crippen LogP contribution in [0.5, 0.6) is 11.5 Å². The molecule has 1 amide bonds. The molecule has 0 aromatic heterocycles. The summed E-state index contributed by atoms with van der Waals surface area (Å²) in [5.74, 6) is -2.64. The Morgan fingerprint density at radius 3 is 2.00 bits per heavy atom. The molecule has 0 aliphatic heterocycles. The third-order valence-electron chi connectivity index (χ3n) is 5.70. The van der Waals surface area contributed by atoms with Crippen molar-refractivity contribution < 1.29 is 37.3 Å². The van der Waals surface area contributed by atoms with Gasteiger partial charge in [0.25, 0.3) is 5.91 Å². The van der Waals surface area contributed by atoms with Crippen molar-refractivity contribution in [1.82, 2.24) is 5.32 Å². The lowest BCUT2D eigenvalue weighted by atomic mass is 9.98. The number of hydrogen-bond acceptors (Lipinski definition) is 6. The molecule has 7 nitrogen and oxygen atoms in total. The smallest absolute Gasteiger partial charge is 0.328 e. The van der Waals surface area contributed by atoms with Gasteiger partial charge < -0.3 is 24.3 Å². The van der Waals surface area contributed by atoms with E-state index in [1.165, 1.54) is 7.11 Å². The third-order valence-corrected chi connectivity index (χ3v) is 5.70. The highest BCUT2D eigenvalue weighted by Gasteiger charge is 2.26. The van der Waals surface area contributed by atoms with E-state index in [-0.39, 0.29) is 6.42 Å². The van der Waals surface area contributed by atoms with Crippen molar-refractivity contribution in [3.63, 3.8) is 0 Å². The van der Waals surface area contributed by atoms with Crippen molar-refractivity contribution in [1.29, 1.82) is 0 Å². The van der Waals surface area contributed by atoms with E-state index in [9.17, 15) is 18.4 Å². The molecule has 9 heteroatoms. The van der Waals surface area contributed by atoms with Crippen LogP contribution in [0.1, 0.15) is 28.4 Å². The standard InChI is InChI=1S/C28H29F2NO6/c1-5-37-16-18-14-23(34-2)25(24(15-18)35-3)19-11-9-17(10-12-19)13-22(28(33)36-4)31-27(32)26-20(29)7-6-8-21(26)30/h6-12,14-15,22H,5,13,16H2,1-4H3,(H,31,32)/t22-/m0/s1. The summed E-state index contributed by atoms with van der Waals surface area (Å²) >= 11 is 0. The SMILES string of the molecule is CCOCc1cc(OC)c(-c2ccc(C[C@H](NC(=O)c3c(F)cccc3F)C(=O)OC)cc2)c(OC)c1. The number of ether oxygens (including phenoxy) is 4. The van der Waals surface area contributed by atoms with Crippen LogP contribution in [0.2, 0.25) is 0 Å². The van der Waals surface area contributed by atoms with E-state index in [4.69, 9.17) is 18.9 Å². The maximum Gasteiger partial charge on any atom is 0.328 e. The van der Waals surface area contributed by atoms with Gasteiger partial charge in [-0.2, -0.15) is 0 Å². The van der Waals surface area contributed by atoms with Crippen LogP contribution in [0.4, 0.5) is 8.78 Å². The topological polar surface area (TPSA) is 83.1 Å². The highest BCUT2D eigenvalue weighted by Crippen LogP contribution is 2.40. The number of hydrogen-bond donors (Lipinski definition) is 1. The van der Waals surface area contributed by atoms with E-state index in [2.05, 4.69) is 5.32 Å². The fraction of sp³-hybridized carbons (Fsp3) is 0.286. The van der Waals surface area contributed by atoms with Gasteiger partial charge in [0.1, 0.15) is 34.7 Å². The maximum atomic E-state index is 14.0. The molecule has 3 aromatic rings. The van der Waals surface area contributed by atoms with Crippen LogP contribution in [0.3, 0.4) is 0 Å². The quantitative estimate of drug-likeness (QED) is 0.375. The zero-order chi connectivity index (χ0) is 26.9. The van der Waals surface area contributed by atoms with E-state index < -0.39 is 35.1 Å². The summed E-state index contributed by atoms with van der Waals surface area (Å²) in [4.78, 5) is 24.9. The monoisotopic (exact) mass is 513 g/mol. The lowest BCUT2D eigenvalue weighted by Crippen LogP contribution is -2.43. The van der Waals surface area contributed by atoms with Gasteiger partial charge in [-0.15, -0.1) is 0 Å². The number of nitrogens with one attached hydrogen (secondary N) is 1. The summed E-state index contributed by atoms with van der Waals surface area (Å²) in [7, 11) is 4.31. The number of methoxy groups -OCH3 is 3. The van der Waals surface area contributed by atoms with Gasteiger partial charge in [-0.25, -0.2) is 13.6 Å². The second kappa shape index (κ2) is 12.8. The minimum Gasteiger partial charge on any atom is -0.496 e. The van der Waals surface area contributed by atoms with Crippen molar-refractivity contribution in [2.24, 2.45) is 0 Å². The Kier molecular flexibility index (Phi) is 9.57. The van der Waals surface area contributed by atoms with Gasteiger partial charge >= 0.3 is 5.97 Å². The predicted octanol–water partition coefficient (Wildman–Crippen LogP) is 4.70. The van der Waals surface area contributed by atoms with Crippen LogP contribution in [-0.2, 0) is 27.3 Å². The first-order chi connectivity index (χ1) is 17.8. The number of esters is 1. The van der Waals surface area contributed by atoms with Crippen molar-refractivity contribution in [3.05, 3.63) is 82.9 Å². The summed E-state index contributed by atoms with van der Waals surface area (Å²) < 4.78 is 49.6. The first-order valence-electron chi connectivity index (χ1n) is 11.6. The number of rotatable bonds is 11. The predicted molar refractivity (Wildman–Crippen MR) is 134 cm³/mol. The van der Waals surface area contributed by atoms with Gasteiger partial charge in [0.2, 0.25) is 0 Å². The summed E-state index contributed by atoms with van der Waals surface area (Å²) in [6.45, 7) is 2.91. The summed E-state index contributed by atoms with van der Waals surface area (Å²) in [5.41, 5.74) is 2.36. The second-order valence-electron chi connectivity index (χ2n) is 8.06. The number of carbonyl (C=O) groups excluding carboxylic acids is 2. The summed E-state index contributed by atoms with van der Waals surface area (Å²) in [5, 5.41) is 2.37. The summed E-state index contributed by atoms with van der Waals surface area (Å²) in [6, 6.07) is 12.9. The van der Waals surface area contributed by atoms with Crippen molar-refractivity contribution in [2.75, 3.05) is 27.9 Å². The van der Waals surface area contributed by atoms with E-state index in [1.54, 1.807) is 26.4 Å². The molecule has 0 heterocycles. The number of carbonyl (C=O) groups is 2. The first kappa shape index (κ1) is 27.6. The molecule has 196 valence electrons. The van der Waals surface area contributed by atoms with Crippen LogP contribution in [0.15, 0.2) is 54.6 Å². The number of benzene rings is 3. The molecule has 3 rings (SSSR count). The maximum absolute atomic E-state index is 14.0. The van der Waals surface area contributed by atoms with E-state index >= 15 is 0 Å². The van der Waals surface area contributed by atoms with E-state index in [0.717, 1.165) is 34.9 Å². The van der Waals surface area contributed by atoms with E-state index in [0.29, 0.717) is 30.3 Å². The highest BCUT2D eigenvalue weighted by molar-refractivity contribution is 5.97. The van der Waals surface area contributed by atoms with Crippen LogP contribution in [0.25, 0.3) is 11.1 Å².